The molecule has 1 unspecified atom stereocenters. The molecule has 0 bridgehead atoms. The maximum absolute atomic E-state index is 11.0. The zero-order valence-corrected chi connectivity index (χ0v) is 13.2. The van der Waals surface area contributed by atoms with Crippen LogP contribution in [0, 0.1) is 5.92 Å². The lowest BCUT2D eigenvalue weighted by molar-refractivity contribution is -0.118. The molecule has 2 N–H and O–H groups in total. The van der Waals surface area contributed by atoms with Crippen molar-refractivity contribution in [2.24, 2.45) is 11.7 Å². The van der Waals surface area contributed by atoms with Crippen molar-refractivity contribution in [1.29, 1.82) is 0 Å². The fourth-order valence-corrected chi connectivity index (χ4v) is 2.98. The number of rotatable bonds is 8. The van der Waals surface area contributed by atoms with E-state index >= 15 is 0 Å². The van der Waals surface area contributed by atoms with Gasteiger partial charge in [-0.05, 0) is 23.9 Å². The van der Waals surface area contributed by atoms with Gasteiger partial charge >= 0.3 is 0 Å². The van der Waals surface area contributed by atoms with E-state index in [-0.39, 0.29) is 11.8 Å². The number of carbonyl (C=O) groups excluding carboxylic acids is 1. The van der Waals surface area contributed by atoms with E-state index in [0.717, 1.165) is 29.4 Å². The molecular weight excluding hydrogens is 286 g/mol. The molecule has 6 heteroatoms. The fourth-order valence-electron chi connectivity index (χ4n) is 2.30. The lowest BCUT2D eigenvalue weighted by Crippen LogP contribution is -2.30. The Kier molecular flexibility index (Phi) is 5.52. The smallest absolute Gasteiger partial charge is 0.217 e. The summed E-state index contributed by atoms with van der Waals surface area (Å²) in [5.74, 6) is 0.798. The molecule has 0 aromatic carbocycles. The third-order valence-corrected chi connectivity index (χ3v) is 4.16. The second-order valence-electron chi connectivity index (χ2n) is 5.26. The molecule has 5 nitrogen and oxygen atoms in total. The van der Waals surface area contributed by atoms with Crippen LogP contribution in [0.25, 0.3) is 10.6 Å². The summed E-state index contributed by atoms with van der Waals surface area (Å²) in [7, 11) is 0. The summed E-state index contributed by atoms with van der Waals surface area (Å²) in [6, 6.07) is 5.99. The van der Waals surface area contributed by atoms with E-state index in [0.29, 0.717) is 13.0 Å². The highest BCUT2D eigenvalue weighted by atomic mass is 32.1. The van der Waals surface area contributed by atoms with Crippen molar-refractivity contribution in [2.45, 2.75) is 26.8 Å². The number of hydrogen-bond acceptors (Lipinski definition) is 5. The van der Waals surface area contributed by atoms with Crippen LogP contribution in [-0.4, -0.2) is 29.1 Å². The normalized spacial score (nSPS) is 12.7. The van der Waals surface area contributed by atoms with Gasteiger partial charge < -0.3 is 10.3 Å². The molecule has 1 amide bonds. The average molecular weight is 307 g/mol. The van der Waals surface area contributed by atoms with Crippen LogP contribution in [0.5, 0.6) is 0 Å². The van der Waals surface area contributed by atoms with Gasteiger partial charge in [-0.15, -0.1) is 11.3 Å². The minimum absolute atomic E-state index is 0.242. The molecule has 0 saturated heterocycles. The highest BCUT2D eigenvalue weighted by molar-refractivity contribution is 7.13. The molecular formula is C15H21N3O2S. The molecule has 2 rings (SSSR count). The Hall–Kier alpha value is -1.66. The fraction of sp³-hybridized carbons (Fsp3) is 0.467. The van der Waals surface area contributed by atoms with Crippen LogP contribution in [0.15, 0.2) is 28.1 Å². The van der Waals surface area contributed by atoms with Gasteiger partial charge in [-0.3, -0.25) is 9.69 Å². The summed E-state index contributed by atoms with van der Waals surface area (Å²) in [4.78, 5) is 14.3. The van der Waals surface area contributed by atoms with E-state index in [1.165, 1.54) is 0 Å². The first-order chi connectivity index (χ1) is 10.1. The first-order valence-electron chi connectivity index (χ1n) is 7.08. The molecule has 0 saturated carbocycles. The van der Waals surface area contributed by atoms with Gasteiger partial charge in [0.2, 0.25) is 5.91 Å². The number of thiophene rings is 1. The Morgan fingerprint density at radius 1 is 1.57 bits per heavy atom. The average Bonchev–Trinajstić information content (AvgIpc) is 3.07. The van der Waals surface area contributed by atoms with Gasteiger partial charge in [0, 0.05) is 25.6 Å². The first-order valence-corrected chi connectivity index (χ1v) is 7.96. The number of aromatic nitrogens is 1. The molecule has 1 atom stereocenters. The second kappa shape index (κ2) is 7.38. The quantitative estimate of drug-likeness (QED) is 0.814. The molecule has 0 aliphatic heterocycles. The summed E-state index contributed by atoms with van der Waals surface area (Å²) in [6.45, 7) is 6.56. The van der Waals surface area contributed by atoms with Crippen LogP contribution >= 0.6 is 11.3 Å². The number of nitrogens with zero attached hydrogens (tertiary/aromatic N) is 2. The van der Waals surface area contributed by atoms with Crippen molar-refractivity contribution < 1.29 is 9.32 Å². The molecule has 2 heterocycles. The molecule has 0 aliphatic carbocycles. The van der Waals surface area contributed by atoms with Crippen LogP contribution in [0.1, 0.15) is 26.0 Å². The van der Waals surface area contributed by atoms with Crippen LogP contribution < -0.4 is 5.73 Å². The number of amides is 1. The summed E-state index contributed by atoms with van der Waals surface area (Å²) in [5, 5.41) is 6.14. The Bertz CT molecular complexity index is 565. The highest BCUT2D eigenvalue weighted by Crippen LogP contribution is 2.25. The van der Waals surface area contributed by atoms with E-state index in [1.54, 1.807) is 11.3 Å². The topological polar surface area (TPSA) is 72.4 Å². The lowest BCUT2D eigenvalue weighted by Gasteiger charge is -2.22. The highest BCUT2D eigenvalue weighted by Gasteiger charge is 2.14. The lowest BCUT2D eigenvalue weighted by atomic mass is 10.1. The summed E-state index contributed by atoms with van der Waals surface area (Å²) < 4.78 is 5.38. The van der Waals surface area contributed by atoms with E-state index in [4.69, 9.17) is 10.3 Å². The molecule has 0 radical (unpaired) electrons. The first kappa shape index (κ1) is 15.7. The molecule has 2 aromatic rings. The largest absolute Gasteiger partial charge is 0.370 e. The Labute approximate surface area is 128 Å². The van der Waals surface area contributed by atoms with E-state index in [9.17, 15) is 4.79 Å². The van der Waals surface area contributed by atoms with Gasteiger partial charge in [-0.1, -0.05) is 25.1 Å². The van der Waals surface area contributed by atoms with Crippen molar-refractivity contribution >= 4 is 17.2 Å². The van der Waals surface area contributed by atoms with Gasteiger partial charge in [-0.25, -0.2) is 0 Å². The van der Waals surface area contributed by atoms with Crippen molar-refractivity contribution in [3.05, 3.63) is 29.3 Å². The molecule has 114 valence electrons. The minimum atomic E-state index is -0.250. The van der Waals surface area contributed by atoms with Gasteiger partial charge in [-0.2, -0.15) is 0 Å². The van der Waals surface area contributed by atoms with Crippen LogP contribution in [0.3, 0.4) is 0 Å². The molecule has 0 spiro atoms. The van der Waals surface area contributed by atoms with Gasteiger partial charge in [0.25, 0.3) is 0 Å². The van der Waals surface area contributed by atoms with Crippen molar-refractivity contribution in [3.63, 3.8) is 0 Å². The molecule has 0 fully saturated rings. The van der Waals surface area contributed by atoms with Gasteiger partial charge in [0.05, 0.1) is 10.6 Å². The zero-order valence-electron chi connectivity index (χ0n) is 12.4. The third kappa shape index (κ3) is 4.68. The molecule has 0 aliphatic rings. The van der Waals surface area contributed by atoms with E-state index < -0.39 is 0 Å². The van der Waals surface area contributed by atoms with Crippen molar-refractivity contribution in [2.75, 3.05) is 13.1 Å². The Morgan fingerprint density at radius 3 is 3.00 bits per heavy atom. The monoisotopic (exact) mass is 307 g/mol. The number of primary amides is 1. The summed E-state index contributed by atoms with van der Waals surface area (Å²) >= 11 is 1.63. The standard InChI is InChI=1S/C15H21N3O2S/c1-3-18(9-11(2)7-15(16)19)10-12-8-13(20-17-12)14-5-4-6-21-14/h4-6,8,11H,3,7,9-10H2,1-2H3,(H2,16,19). The Morgan fingerprint density at radius 2 is 2.38 bits per heavy atom. The number of carbonyl (C=O) groups is 1. The maximum Gasteiger partial charge on any atom is 0.217 e. The summed E-state index contributed by atoms with van der Waals surface area (Å²) in [6.07, 6.45) is 0.412. The zero-order chi connectivity index (χ0) is 15.2. The predicted molar refractivity (Wildman–Crippen MR) is 83.7 cm³/mol. The van der Waals surface area contributed by atoms with Crippen LogP contribution in [-0.2, 0) is 11.3 Å². The second-order valence-corrected chi connectivity index (χ2v) is 6.21. The third-order valence-electron chi connectivity index (χ3n) is 3.28. The van der Waals surface area contributed by atoms with Gasteiger partial charge in [0.15, 0.2) is 5.76 Å². The number of nitrogens with two attached hydrogens (primary N) is 1. The van der Waals surface area contributed by atoms with Crippen molar-refractivity contribution in [3.8, 4) is 10.6 Å². The predicted octanol–water partition coefficient (Wildman–Crippen LogP) is 2.74. The van der Waals surface area contributed by atoms with Crippen molar-refractivity contribution in [1.82, 2.24) is 10.1 Å². The Balaban J connectivity index is 1.94. The maximum atomic E-state index is 11.0. The van der Waals surface area contributed by atoms with Crippen LogP contribution in [0.4, 0.5) is 0 Å². The van der Waals surface area contributed by atoms with Gasteiger partial charge in [0.1, 0.15) is 0 Å². The van der Waals surface area contributed by atoms with E-state index in [1.807, 2.05) is 30.5 Å². The number of hydrogen-bond donors (Lipinski definition) is 1. The SMILES string of the molecule is CCN(Cc1cc(-c2cccs2)on1)CC(C)CC(N)=O. The summed E-state index contributed by atoms with van der Waals surface area (Å²) in [5.41, 5.74) is 6.15. The van der Waals surface area contributed by atoms with E-state index in [2.05, 4.69) is 17.0 Å². The molecule has 21 heavy (non-hydrogen) atoms. The van der Waals surface area contributed by atoms with Crippen LogP contribution in [0.2, 0.25) is 0 Å². The minimum Gasteiger partial charge on any atom is -0.370 e. The molecule has 2 aromatic heterocycles.